The van der Waals surface area contributed by atoms with E-state index in [4.69, 9.17) is 0 Å². The van der Waals surface area contributed by atoms with Crippen LogP contribution in [0.2, 0.25) is 0 Å². The van der Waals surface area contributed by atoms with Gasteiger partial charge in [0, 0.05) is 34.4 Å². The van der Waals surface area contributed by atoms with Crippen molar-refractivity contribution in [3.05, 3.63) is 236 Å². The van der Waals surface area contributed by atoms with Gasteiger partial charge in [-0.1, -0.05) is 183 Å². The third kappa shape index (κ3) is 7.57. The highest BCUT2D eigenvalue weighted by molar-refractivity contribution is 6.03. The fraction of sp³-hybridized carbons (Fsp3) is 0.0526. The van der Waals surface area contributed by atoms with Crippen molar-refractivity contribution >= 4 is 28.2 Å². The van der Waals surface area contributed by atoms with Crippen LogP contribution < -0.4 is 4.90 Å². The average molecular weight is 759 g/mol. The maximum atomic E-state index is 2.36. The van der Waals surface area contributed by atoms with E-state index in [0.717, 1.165) is 29.0 Å². The van der Waals surface area contributed by atoms with Crippen LogP contribution in [-0.4, -0.2) is 4.40 Å². The normalized spacial score (nSPS) is 11.7. The molecule has 2 heterocycles. The van der Waals surface area contributed by atoms with Crippen molar-refractivity contribution in [3.8, 4) is 55.8 Å². The van der Waals surface area contributed by atoms with E-state index >= 15 is 0 Å². The summed E-state index contributed by atoms with van der Waals surface area (Å²) < 4.78 is 2.36. The number of rotatable bonds is 11. The Bertz CT molecular complexity index is 2850. The molecule has 0 radical (unpaired) electrons. The minimum Gasteiger partial charge on any atom is -0.315 e. The summed E-state index contributed by atoms with van der Waals surface area (Å²) in [6, 6.07) is 74.5. The number of allylic oxidation sites excluding steroid dienone is 4. The molecule has 0 unspecified atom stereocenters. The van der Waals surface area contributed by atoms with Crippen LogP contribution in [0.4, 0.5) is 17.1 Å². The van der Waals surface area contributed by atoms with Crippen molar-refractivity contribution in [2.24, 2.45) is 0 Å². The van der Waals surface area contributed by atoms with Crippen LogP contribution in [0.15, 0.2) is 231 Å². The number of anilines is 3. The van der Waals surface area contributed by atoms with Crippen molar-refractivity contribution < 1.29 is 0 Å². The first-order valence-electron chi connectivity index (χ1n) is 20.5. The van der Waals surface area contributed by atoms with Gasteiger partial charge in [-0.3, -0.25) is 0 Å². The molecule has 0 aliphatic rings. The van der Waals surface area contributed by atoms with Crippen molar-refractivity contribution in [1.29, 1.82) is 0 Å². The van der Waals surface area contributed by atoms with Crippen molar-refractivity contribution in [3.63, 3.8) is 0 Å². The van der Waals surface area contributed by atoms with Gasteiger partial charge in [0.25, 0.3) is 0 Å². The van der Waals surface area contributed by atoms with E-state index in [9.17, 15) is 0 Å². The van der Waals surface area contributed by atoms with Crippen molar-refractivity contribution in [2.75, 3.05) is 4.90 Å². The molecule has 284 valence electrons. The quantitative estimate of drug-likeness (QED) is 0.119. The second-order valence-electron chi connectivity index (χ2n) is 14.8. The molecule has 0 saturated heterocycles. The summed E-state index contributed by atoms with van der Waals surface area (Å²) >= 11 is 0. The Morgan fingerprint density at radius 3 is 1.39 bits per heavy atom. The van der Waals surface area contributed by atoms with Gasteiger partial charge in [0.15, 0.2) is 0 Å². The second-order valence-corrected chi connectivity index (χ2v) is 14.8. The summed E-state index contributed by atoms with van der Waals surface area (Å²) in [7, 11) is 0. The number of hydrogen-bond donors (Lipinski definition) is 0. The average Bonchev–Trinajstić information content (AvgIpc) is 3.66. The Labute approximate surface area is 348 Å². The number of benzene rings is 7. The molecule has 0 spiro atoms. The summed E-state index contributed by atoms with van der Waals surface area (Å²) in [6.07, 6.45) is 9.77. The zero-order valence-electron chi connectivity index (χ0n) is 33.5. The van der Waals surface area contributed by atoms with E-state index in [1.54, 1.807) is 0 Å². The first-order valence-corrected chi connectivity index (χ1v) is 20.5. The molecule has 0 bridgehead atoms. The van der Waals surface area contributed by atoms with Gasteiger partial charge in [0.1, 0.15) is 0 Å². The number of fused-ring (bicyclic) bond motifs is 1. The maximum Gasteiger partial charge on any atom is 0.0613 e. The molecule has 2 heteroatoms. The molecule has 2 nitrogen and oxygen atoms in total. The third-order valence-corrected chi connectivity index (χ3v) is 11.0. The predicted molar refractivity (Wildman–Crippen MR) is 252 cm³/mol. The van der Waals surface area contributed by atoms with Crippen LogP contribution in [-0.2, 0) is 0 Å². The molecule has 0 aliphatic carbocycles. The van der Waals surface area contributed by atoms with E-state index in [0.29, 0.717) is 0 Å². The zero-order chi connectivity index (χ0) is 40.0. The standard InChI is InChI=1S/C57H46N2/c1-3-16-42(17-4-2)46-29-35-51(36-30-46)59(52-37-31-47(32-38-52)44-20-10-6-11-21-44)53-39-33-50(34-40-53)57-56(49-27-25-45(26-28-49)43-18-8-5-9-19-43)55(48-22-12-7-13-23-48)54-24-14-15-41-58(54)57/h3,5-41H,4H2,1-2H3/b16-3-,42-17+. The van der Waals surface area contributed by atoms with Crippen LogP contribution in [0.3, 0.4) is 0 Å². The summed E-state index contributed by atoms with van der Waals surface area (Å²) in [5.41, 5.74) is 18.9. The molecule has 0 fully saturated rings. The number of aromatic nitrogens is 1. The Morgan fingerprint density at radius 1 is 0.441 bits per heavy atom. The topological polar surface area (TPSA) is 7.65 Å². The summed E-state index contributed by atoms with van der Waals surface area (Å²) in [4.78, 5) is 2.36. The lowest BCUT2D eigenvalue weighted by Gasteiger charge is -2.26. The van der Waals surface area contributed by atoms with Crippen LogP contribution in [0, 0.1) is 0 Å². The minimum absolute atomic E-state index is 0.984. The van der Waals surface area contributed by atoms with Gasteiger partial charge in [-0.15, -0.1) is 0 Å². The summed E-state index contributed by atoms with van der Waals surface area (Å²) in [5.74, 6) is 0. The molecule has 0 amide bonds. The molecular formula is C57H46N2. The molecule has 2 aromatic heterocycles. The van der Waals surface area contributed by atoms with Gasteiger partial charge in [-0.2, -0.15) is 0 Å². The summed E-state index contributed by atoms with van der Waals surface area (Å²) in [6.45, 7) is 4.26. The van der Waals surface area contributed by atoms with E-state index in [1.807, 2.05) is 0 Å². The molecule has 9 rings (SSSR count). The number of hydrogen-bond acceptors (Lipinski definition) is 1. The Morgan fingerprint density at radius 2 is 0.864 bits per heavy atom. The van der Waals surface area contributed by atoms with Crippen LogP contribution >= 0.6 is 0 Å². The highest BCUT2D eigenvalue weighted by Crippen LogP contribution is 2.46. The Kier molecular flexibility index (Phi) is 10.7. The van der Waals surface area contributed by atoms with Gasteiger partial charge >= 0.3 is 0 Å². The predicted octanol–water partition coefficient (Wildman–Crippen LogP) is 16.1. The fourth-order valence-corrected chi connectivity index (χ4v) is 8.26. The van der Waals surface area contributed by atoms with Crippen LogP contribution in [0.5, 0.6) is 0 Å². The van der Waals surface area contributed by atoms with Crippen molar-refractivity contribution in [2.45, 2.75) is 20.3 Å². The van der Waals surface area contributed by atoms with Gasteiger partial charge in [0.05, 0.1) is 11.2 Å². The molecule has 9 aromatic rings. The summed E-state index contributed by atoms with van der Waals surface area (Å²) in [5, 5.41) is 0. The van der Waals surface area contributed by atoms with Gasteiger partial charge < -0.3 is 9.30 Å². The van der Waals surface area contributed by atoms with Gasteiger partial charge in [-0.05, 0) is 112 Å². The van der Waals surface area contributed by atoms with Crippen LogP contribution in [0.25, 0.3) is 66.9 Å². The van der Waals surface area contributed by atoms with E-state index in [1.165, 1.54) is 66.9 Å². The first-order chi connectivity index (χ1) is 29.2. The second kappa shape index (κ2) is 17.0. The highest BCUT2D eigenvalue weighted by Gasteiger charge is 2.23. The number of nitrogens with zero attached hydrogens (tertiary/aromatic N) is 2. The first kappa shape index (κ1) is 37.2. The molecule has 0 atom stereocenters. The molecule has 59 heavy (non-hydrogen) atoms. The Balaban J connectivity index is 1.17. The molecule has 0 aliphatic heterocycles. The molecule has 7 aromatic carbocycles. The van der Waals surface area contributed by atoms with Crippen molar-refractivity contribution in [1.82, 2.24) is 4.40 Å². The monoisotopic (exact) mass is 758 g/mol. The fourth-order valence-electron chi connectivity index (χ4n) is 8.26. The zero-order valence-corrected chi connectivity index (χ0v) is 33.5. The lowest BCUT2D eigenvalue weighted by atomic mass is 9.92. The molecule has 0 saturated carbocycles. The smallest absolute Gasteiger partial charge is 0.0613 e. The van der Waals surface area contributed by atoms with E-state index in [2.05, 4.69) is 254 Å². The largest absolute Gasteiger partial charge is 0.315 e. The highest BCUT2D eigenvalue weighted by atomic mass is 15.1. The number of pyridine rings is 1. The molecular weight excluding hydrogens is 713 g/mol. The van der Waals surface area contributed by atoms with Gasteiger partial charge in [0.2, 0.25) is 0 Å². The SMILES string of the molecule is C/C=C\C(=C/CC)c1ccc(N(c2ccc(-c3ccccc3)cc2)c2ccc(-c3c(-c4ccc(-c5ccccc5)cc4)c(-c4ccccc4)c4ccccn34)cc2)cc1. The van der Waals surface area contributed by atoms with Crippen LogP contribution in [0.1, 0.15) is 25.8 Å². The van der Waals surface area contributed by atoms with Gasteiger partial charge in [-0.25, -0.2) is 0 Å². The lowest BCUT2D eigenvalue weighted by Crippen LogP contribution is -2.10. The molecule has 0 N–H and O–H groups in total. The Hall–Kier alpha value is -7.42. The maximum absolute atomic E-state index is 2.36. The lowest BCUT2D eigenvalue weighted by molar-refractivity contribution is 1.20. The minimum atomic E-state index is 0.984. The van der Waals surface area contributed by atoms with E-state index < -0.39 is 0 Å². The third-order valence-electron chi connectivity index (χ3n) is 11.0. The van der Waals surface area contributed by atoms with E-state index in [-0.39, 0.29) is 0 Å².